The summed E-state index contributed by atoms with van der Waals surface area (Å²) in [6, 6.07) is 11.0. The molecule has 0 aliphatic carbocycles. The van der Waals surface area contributed by atoms with Crippen LogP contribution in [0.1, 0.15) is 12.0 Å². The first-order chi connectivity index (χ1) is 13.5. The number of likely N-dealkylation sites (N-methyl/N-ethyl adjacent to an activating group) is 1. The molecular formula is C21H21FN2O4. The smallest absolute Gasteiger partial charge is 0.246 e. The first-order valence-corrected chi connectivity index (χ1v) is 8.89. The molecule has 0 unspecified atom stereocenters. The fourth-order valence-electron chi connectivity index (χ4n) is 2.64. The molecule has 1 aliphatic heterocycles. The zero-order chi connectivity index (χ0) is 19.9. The van der Waals surface area contributed by atoms with Crippen LogP contribution in [-0.4, -0.2) is 43.5 Å². The SMILES string of the molecule is CN(CC(=O)Nc1cccc(F)c1)C(=O)/C=C/c1ccc2c(c1)OCCCO2. The fraction of sp³-hybridized carbons (Fsp3) is 0.238. The highest BCUT2D eigenvalue weighted by molar-refractivity contribution is 5.97. The van der Waals surface area contributed by atoms with Gasteiger partial charge in [0.2, 0.25) is 11.8 Å². The molecule has 0 fully saturated rings. The highest BCUT2D eigenvalue weighted by Crippen LogP contribution is 2.30. The number of hydrogen-bond donors (Lipinski definition) is 1. The molecule has 146 valence electrons. The van der Waals surface area contributed by atoms with E-state index in [1.165, 1.54) is 36.2 Å². The maximum Gasteiger partial charge on any atom is 0.246 e. The summed E-state index contributed by atoms with van der Waals surface area (Å²) in [6.45, 7) is 1.05. The van der Waals surface area contributed by atoms with Crippen molar-refractivity contribution in [3.05, 3.63) is 59.9 Å². The van der Waals surface area contributed by atoms with Crippen LogP contribution in [0.25, 0.3) is 6.08 Å². The van der Waals surface area contributed by atoms with Crippen molar-refractivity contribution < 1.29 is 23.5 Å². The van der Waals surface area contributed by atoms with E-state index in [9.17, 15) is 14.0 Å². The molecule has 0 saturated carbocycles. The number of rotatable bonds is 5. The van der Waals surface area contributed by atoms with Crippen molar-refractivity contribution in [3.8, 4) is 11.5 Å². The molecular weight excluding hydrogens is 363 g/mol. The van der Waals surface area contributed by atoms with Crippen LogP contribution in [0.15, 0.2) is 48.5 Å². The predicted molar refractivity (Wildman–Crippen MR) is 104 cm³/mol. The van der Waals surface area contributed by atoms with E-state index in [-0.39, 0.29) is 12.5 Å². The quantitative estimate of drug-likeness (QED) is 0.805. The summed E-state index contributed by atoms with van der Waals surface area (Å²) in [5.41, 5.74) is 1.13. The average molecular weight is 384 g/mol. The zero-order valence-electron chi connectivity index (χ0n) is 15.5. The number of halogens is 1. The Kier molecular flexibility index (Phi) is 6.26. The molecule has 2 aromatic rings. The van der Waals surface area contributed by atoms with Crippen molar-refractivity contribution in [2.75, 3.05) is 32.1 Å². The minimum absolute atomic E-state index is 0.152. The third kappa shape index (κ3) is 5.33. The summed E-state index contributed by atoms with van der Waals surface area (Å²) >= 11 is 0. The van der Waals surface area contributed by atoms with Crippen LogP contribution in [0.3, 0.4) is 0 Å². The fourth-order valence-corrected chi connectivity index (χ4v) is 2.64. The van der Waals surface area contributed by atoms with Gasteiger partial charge in [0.15, 0.2) is 11.5 Å². The standard InChI is InChI=1S/C21H21FN2O4/c1-24(14-20(25)23-17-5-2-4-16(22)13-17)21(26)9-7-15-6-8-18-19(12-15)28-11-3-10-27-18/h2,4-9,12-13H,3,10-11,14H2,1H3,(H,23,25)/b9-7+. The van der Waals surface area contributed by atoms with Crippen molar-refractivity contribution >= 4 is 23.6 Å². The van der Waals surface area contributed by atoms with E-state index in [1.807, 2.05) is 6.07 Å². The van der Waals surface area contributed by atoms with Gasteiger partial charge in [-0.1, -0.05) is 12.1 Å². The summed E-state index contributed by atoms with van der Waals surface area (Å²) in [6.07, 6.45) is 3.85. The van der Waals surface area contributed by atoms with E-state index in [0.29, 0.717) is 30.4 Å². The van der Waals surface area contributed by atoms with Crippen molar-refractivity contribution in [2.24, 2.45) is 0 Å². The number of anilines is 1. The zero-order valence-corrected chi connectivity index (χ0v) is 15.5. The normalized spacial score (nSPS) is 13.1. The van der Waals surface area contributed by atoms with E-state index in [1.54, 1.807) is 24.3 Å². The Morgan fingerprint density at radius 2 is 1.93 bits per heavy atom. The van der Waals surface area contributed by atoms with E-state index < -0.39 is 11.7 Å². The van der Waals surface area contributed by atoms with Gasteiger partial charge >= 0.3 is 0 Å². The second kappa shape index (κ2) is 9.03. The number of fused-ring (bicyclic) bond motifs is 1. The third-order valence-corrected chi connectivity index (χ3v) is 4.06. The van der Waals surface area contributed by atoms with E-state index in [2.05, 4.69) is 5.32 Å². The maximum atomic E-state index is 13.2. The molecule has 6 nitrogen and oxygen atoms in total. The third-order valence-electron chi connectivity index (χ3n) is 4.06. The van der Waals surface area contributed by atoms with Gasteiger partial charge in [-0.2, -0.15) is 0 Å². The van der Waals surface area contributed by atoms with Crippen LogP contribution in [-0.2, 0) is 9.59 Å². The molecule has 7 heteroatoms. The van der Waals surface area contributed by atoms with E-state index >= 15 is 0 Å². The highest BCUT2D eigenvalue weighted by Gasteiger charge is 2.12. The topological polar surface area (TPSA) is 67.9 Å². The van der Waals surface area contributed by atoms with Crippen molar-refractivity contribution in [1.82, 2.24) is 4.90 Å². The molecule has 0 aromatic heterocycles. The molecule has 28 heavy (non-hydrogen) atoms. The van der Waals surface area contributed by atoms with Crippen molar-refractivity contribution in [2.45, 2.75) is 6.42 Å². The number of nitrogens with one attached hydrogen (secondary N) is 1. The summed E-state index contributed by atoms with van der Waals surface area (Å²) in [5.74, 6) is 0.147. The Labute approximate surface area is 162 Å². The van der Waals surface area contributed by atoms with Gasteiger partial charge in [-0.3, -0.25) is 9.59 Å². The van der Waals surface area contributed by atoms with Crippen LogP contribution in [0.4, 0.5) is 10.1 Å². The lowest BCUT2D eigenvalue weighted by Gasteiger charge is -2.15. The van der Waals surface area contributed by atoms with Crippen LogP contribution in [0.2, 0.25) is 0 Å². The molecule has 1 aliphatic rings. The Hall–Kier alpha value is -3.35. The molecule has 1 heterocycles. The Morgan fingerprint density at radius 3 is 2.71 bits per heavy atom. The van der Waals surface area contributed by atoms with E-state index in [0.717, 1.165) is 12.0 Å². The number of nitrogens with zero attached hydrogens (tertiary/aromatic N) is 1. The molecule has 0 spiro atoms. The van der Waals surface area contributed by atoms with Gasteiger partial charge in [0.05, 0.1) is 19.8 Å². The van der Waals surface area contributed by atoms with Crippen molar-refractivity contribution in [3.63, 3.8) is 0 Å². The van der Waals surface area contributed by atoms with Gasteiger partial charge in [0.25, 0.3) is 0 Å². The predicted octanol–water partition coefficient (Wildman–Crippen LogP) is 3.10. The molecule has 1 N–H and O–H groups in total. The van der Waals surface area contributed by atoms with Crippen LogP contribution < -0.4 is 14.8 Å². The van der Waals surface area contributed by atoms with Crippen LogP contribution in [0, 0.1) is 5.82 Å². The Morgan fingerprint density at radius 1 is 1.14 bits per heavy atom. The summed E-state index contributed by atoms with van der Waals surface area (Å²) in [5, 5.41) is 2.56. The molecule has 0 radical (unpaired) electrons. The number of carbonyl (C=O) groups is 2. The maximum absolute atomic E-state index is 13.2. The largest absolute Gasteiger partial charge is 0.490 e. The first kappa shape index (κ1) is 19.4. The summed E-state index contributed by atoms with van der Waals surface area (Å²) < 4.78 is 24.4. The average Bonchev–Trinajstić information content (AvgIpc) is 2.90. The molecule has 0 bridgehead atoms. The molecule has 2 aromatic carbocycles. The van der Waals surface area contributed by atoms with Crippen LogP contribution >= 0.6 is 0 Å². The lowest BCUT2D eigenvalue weighted by Crippen LogP contribution is -2.33. The Balaban J connectivity index is 1.56. The number of amides is 2. The van der Waals surface area contributed by atoms with Gasteiger partial charge < -0.3 is 19.7 Å². The molecule has 3 rings (SSSR count). The second-order valence-corrected chi connectivity index (χ2v) is 6.34. The Bertz CT molecular complexity index is 898. The summed E-state index contributed by atoms with van der Waals surface area (Å²) in [4.78, 5) is 25.5. The van der Waals surface area contributed by atoms with E-state index in [4.69, 9.17) is 9.47 Å². The highest BCUT2D eigenvalue weighted by atomic mass is 19.1. The summed E-state index contributed by atoms with van der Waals surface area (Å²) in [7, 11) is 1.52. The molecule has 2 amide bonds. The number of ether oxygens (including phenoxy) is 2. The molecule has 0 saturated heterocycles. The number of carbonyl (C=O) groups excluding carboxylic acids is 2. The van der Waals surface area contributed by atoms with Gasteiger partial charge in [-0.15, -0.1) is 0 Å². The number of hydrogen-bond acceptors (Lipinski definition) is 4. The van der Waals surface area contributed by atoms with Crippen LogP contribution in [0.5, 0.6) is 11.5 Å². The monoisotopic (exact) mass is 384 g/mol. The first-order valence-electron chi connectivity index (χ1n) is 8.89. The van der Waals surface area contributed by atoms with Gasteiger partial charge in [-0.05, 0) is 42.0 Å². The van der Waals surface area contributed by atoms with Gasteiger partial charge in [0, 0.05) is 25.2 Å². The van der Waals surface area contributed by atoms with Gasteiger partial charge in [-0.25, -0.2) is 4.39 Å². The van der Waals surface area contributed by atoms with Gasteiger partial charge in [0.1, 0.15) is 5.82 Å². The number of benzene rings is 2. The molecule has 0 atom stereocenters. The minimum atomic E-state index is -0.444. The lowest BCUT2D eigenvalue weighted by molar-refractivity contribution is -0.129. The second-order valence-electron chi connectivity index (χ2n) is 6.34. The lowest BCUT2D eigenvalue weighted by atomic mass is 10.2. The van der Waals surface area contributed by atoms with Crippen molar-refractivity contribution in [1.29, 1.82) is 0 Å². The minimum Gasteiger partial charge on any atom is -0.490 e.